The molecule has 1 N–H and O–H groups in total. The van der Waals surface area contributed by atoms with Gasteiger partial charge in [-0.15, -0.1) is 0 Å². The van der Waals surface area contributed by atoms with Crippen molar-refractivity contribution >= 4 is 16.8 Å². The Hall–Kier alpha value is -5.48. The fourth-order valence-corrected chi connectivity index (χ4v) is 6.82. The van der Waals surface area contributed by atoms with Gasteiger partial charge in [-0.3, -0.25) is 0 Å². The van der Waals surface area contributed by atoms with E-state index in [0.29, 0.717) is 0 Å². The second-order valence-electron chi connectivity index (χ2n) is 11.4. The molecule has 4 heteroatoms. The Kier molecular flexibility index (Phi) is 5.98. The zero-order valence-corrected chi connectivity index (χ0v) is 24.5. The van der Waals surface area contributed by atoms with Gasteiger partial charge in [-0.1, -0.05) is 78.9 Å². The molecule has 2 aliphatic rings. The zero-order valence-electron chi connectivity index (χ0n) is 24.5. The van der Waals surface area contributed by atoms with Gasteiger partial charge in [0.2, 0.25) is 0 Å². The first-order chi connectivity index (χ1) is 21.6. The van der Waals surface area contributed by atoms with Crippen LogP contribution in [0.4, 0.5) is 0 Å². The van der Waals surface area contributed by atoms with Crippen LogP contribution in [0.15, 0.2) is 121 Å². The van der Waals surface area contributed by atoms with Crippen molar-refractivity contribution in [1.29, 1.82) is 0 Å². The Morgan fingerprint density at radius 1 is 0.682 bits per heavy atom. The first kappa shape index (κ1) is 26.2. The summed E-state index contributed by atoms with van der Waals surface area (Å²) in [6, 6.07) is 38.8. The molecule has 214 valence electrons. The summed E-state index contributed by atoms with van der Waals surface area (Å²) in [4.78, 5) is 0. The number of fused-ring (bicyclic) bond motifs is 8. The van der Waals surface area contributed by atoms with Crippen LogP contribution in [0, 0.1) is 0 Å². The lowest BCUT2D eigenvalue weighted by Gasteiger charge is -2.37. The van der Waals surface area contributed by atoms with Crippen LogP contribution in [-0.4, -0.2) is 19.3 Å². The molecule has 6 aromatic carbocycles. The predicted molar refractivity (Wildman–Crippen MR) is 176 cm³/mol. The topological polar surface area (TPSA) is 47.9 Å². The van der Waals surface area contributed by atoms with Crippen molar-refractivity contribution < 1.29 is 19.3 Å². The van der Waals surface area contributed by atoms with Gasteiger partial charge < -0.3 is 19.3 Å². The van der Waals surface area contributed by atoms with Crippen molar-refractivity contribution in [3.8, 4) is 45.3 Å². The van der Waals surface area contributed by atoms with Crippen LogP contribution in [0.2, 0.25) is 0 Å². The lowest BCUT2D eigenvalue weighted by Crippen LogP contribution is -2.34. The highest BCUT2D eigenvalue weighted by atomic mass is 16.5. The van der Waals surface area contributed by atoms with E-state index in [0.717, 1.165) is 51.1 Å². The SMILES string of the molecule is COc1ccc(C2(c3ccc(O)cc3)C=Cc3c4c(c5cc(OC)ccc5c3O2)-c2ccc(-c3ccccc3)cc2C4)cc1. The van der Waals surface area contributed by atoms with Gasteiger partial charge in [0, 0.05) is 22.1 Å². The number of benzene rings is 6. The number of hydrogen-bond acceptors (Lipinski definition) is 4. The van der Waals surface area contributed by atoms with Gasteiger partial charge in [-0.05, 0) is 93.7 Å². The molecule has 0 amide bonds. The second-order valence-corrected chi connectivity index (χ2v) is 11.4. The van der Waals surface area contributed by atoms with Gasteiger partial charge in [0.05, 0.1) is 14.2 Å². The molecular weight excluding hydrogens is 544 g/mol. The van der Waals surface area contributed by atoms with Gasteiger partial charge in [-0.25, -0.2) is 0 Å². The summed E-state index contributed by atoms with van der Waals surface area (Å²) >= 11 is 0. The van der Waals surface area contributed by atoms with Crippen LogP contribution in [0.1, 0.15) is 27.8 Å². The largest absolute Gasteiger partial charge is 0.508 e. The van der Waals surface area contributed by atoms with E-state index in [2.05, 4.69) is 72.8 Å². The molecule has 0 fully saturated rings. The molecule has 1 aliphatic heterocycles. The third-order valence-electron chi connectivity index (χ3n) is 9.02. The third kappa shape index (κ3) is 3.99. The monoisotopic (exact) mass is 574 g/mol. The number of phenols is 1. The van der Waals surface area contributed by atoms with Gasteiger partial charge >= 0.3 is 0 Å². The standard InChI is InChI=1S/C40H30O4/c1-42-31-15-11-29(12-16-31)40(28-9-13-30(41)14-10-28)21-20-35-36-23-27-22-26(25-6-4-3-5-7-25)8-18-33(27)38(36)37-24-32(43-2)17-19-34(37)39(35)44-40/h3-22,24,41H,23H2,1-2H3. The van der Waals surface area contributed by atoms with Gasteiger partial charge in [-0.2, -0.15) is 0 Å². The van der Waals surface area contributed by atoms with E-state index in [4.69, 9.17) is 14.2 Å². The first-order valence-corrected chi connectivity index (χ1v) is 14.8. The summed E-state index contributed by atoms with van der Waals surface area (Å²) in [5, 5.41) is 12.3. The molecule has 4 nitrogen and oxygen atoms in total. The number of methoxy groups -OCH3 is 2. The smallest absolute Gasteiger partial charge is 0.178 e. The number of ether oxygens (including phenoxy) is 3. The lowest BCUT2D eigenvalue weighted by molar-refractivity contribution is 0.163. The maximum Gasteiger partial charge on any atom is 0.178 e. The van der Waals surface area contributed by atoms with Gasteiger partial charge in [0.25, 0.3) is 0 Å². The Morgan fingerprint density at radius 3 is 2.11 bits per heavy atom. The molecule has 8 rings (SSSR count). The summed E-state index contributed by atoms with van der Waals surface area (Å²) in [6.45, 7) is 0. The van der Waals surface area contributed by atoms with E-state index in [1.165, 1.54) is 33.4 Å². The van der Waals surface area contributed by atoms with Crippen molar-refractivity contribution in [1.82, 2.24) is 0 Å². The minimum absolute atomic E-state index is 0.210. The van der Waals surface area contributed by atoms with Crippen LogP contribution in [0.25, 0.3) is 39.1 Å². The number of rotatable bonds is 5. The molecule has 0 spiro atoms. The molecule has 1 atom stereocenters. The molecule has 1 heterocycles. The summed E-state index contributed by atoms with van der Waals surface area (Å²) in [7, 11) is 3.37. The highest BCUT2D eigenvalue weighted by Gasteiger charge is 2.40. The van der Waals surface area contributed by atoms with E-state index < -0.39 is 5.60 Å². The second kappa shape index (κ2) is 10.1. The Labute approximate surface area is 256 Å². The van der Waals surface area contributed by atoms with Crippen LogP contribution in [0.5, 0.6) is 23.0 Å². The molecule has 6 aromatic rings. The third-order valence-corrected chi connectivity index (χ3v) is 9.02. The van der Waals surface area contributed by atoms with Crippen molar-refractivity contribution in [3.63, 3.8) is 0 Å². The maximum absolute atomic E-state index is 10.1. The minimum atomic E-state index is -0.917. The lowest BCUT2D eigenvalue weighted by atomic mass is 9.82. The van der Waals surface area contributed by atoms with Crippen LogP contribution in [-0.2, 0) is 12.0 Å². The average Bonchev–Trinajstić information content (AvgIpc) is 3.48. The normalized spacial score (nSPS) is 16.1. The van der Waals surface area contributed by atoms with Crippen LogP contribution in [0.3, 0.4) is 0 Å². The molecule has 0 bridgehead atoms. The van der Waals surface area contributed by atoms with E-state index >= 15 is 0 Å². The van der Waals surface area contributed by atoms with E-state index in [9.17, 15) is 5.11 Å². The Bertz CT molecular complexity index is 2080. The number of phenolic OH excluding ortho intramolecular Hbond substituents is 1. The van der Waals surface area contributed by atoms with Gasteiger partial charge in [0.15, 0.2) is 5.60 Å². The number of aromatic hydroxyl groups is 1. The molecule has 44 heavy (non-hydrogen) atoms. The average molecular weight is 575 g/mol. The zero-order chi connectivity index (χ0) is 29.8. The summed E-state index contributed by atoms with van der Waals surface area (Å²) in [5.74, 6) is 2.63. The predicted octanol–water partition coefficient (Wildman–Crippen LogP) is 9.15. The van der Waals surface area contributed by atoms with Crippen LogP contribution < -0.4 is 14.2 Å². The fraction of sp³-hybridized carbons (Fsp3) is 0.100. The summed E-state index contributed by atoms with van der Waals surface area (Å²) in [5.41, 5.74) is 9.53. The first-order valence-electron chi connectivity index (χ1n) is 14.8. The highest BCUT2D eigenvalue weighted by Crippen LogP contribution is 2.53. The van der Waals surface area contributed by atoms with E-state index in [1.54, 1.807) is 26.4 Å². The van der Waals surface area contributed by atoms with Crippen molar-refractivity contribution in [2.45, 2.75) is 12.0 Å². The van der Waals surface area contributed by atoms with E-state index in [-0.39, 0.29) is 5.75 Å². The quantitative estimate of drug-likeness (QED) is 0.223. The molecular formula is C40H30O4. The highest BCUT2D eigenvalue weighted by molar-refractivity contribution is 6.08. The molecule has 0 saturated carbocycles. The van der Waals surface area contributed by atoms with Crippen molar-refractivity contribution in [3.05, 3.63) is 149 Å². The van der Waals surface area contributed by atoms with E-state index in [1.807, 2.05) is 42.5 Å². The fourth-order valence-electron chi connectivity index (χ4n) is 6.82. The van der Waals surface area contributed by atoms with Gasteiger partial charge in [0.1, 0.15) is 23.0 Å². The van der Waals surface area contributed by atoms with Crippen molar-refractivity contribution in [2.24, 2.45) is 0 Å². The molecule has 0 aromatic heterocycles. The van der Waals surface area contributed by atoms with Crippen molar-refractivity contribution in [2.75, 3.05) is 14.2 Å². The minimum Gasteiger partial charge on any atom is -0.508 e. The maximum atomic E-state index is 10.1. The molecule has 0 saturated heterocycles. The molecule has 1 unspecified atom stereocenters. The summed E-state index contributed by atoms with van der Waals surface area (Å²) in [6.07, 6.45) is 5.18. The van der Waals surface area contributed by atoms with Crippen LogP contribution >= 0.6 is 0 Å². The Morgan fingerprint density at radius 2 is 1.39 bits per heavy atom. The number of hydrogen-bond donors (Lipinski definition) is 1. The molecule has 1 aliphatic carbocycles. The Balaban J connectivity index is 1.35. The summed E-state index contributed by atoms with van der Waals surface area (Å²) < 4.78 is 18.4. The molecule has 0 radical (unpaired) electrons.